The lowest BCUT2D eigenvalue weighted by Gasteiger charge is -2.00. The smallest absolute Gasteiger partial charge is 0.196 e. The van der Waals surface area contributed by atoms with Crippen molar-refractivity contribution in [1.82, 2.24) is 4.98 Å². The third kappa shape index (κ3) is 2.91. The van der Waals surface area contributed by atoms with Crippen LogP contribution in [0.3, 0.4) is 0 Å². The molecule has 0 saturated heterocycles. The average molecular weight is 286 g/mol. The fraction of sp³-hybridized carbons (Fsp3) is 0.250. The van der Waals surface area contributed by atoms with Gasteiger partial charge in [0.05, 0.1) is 11.1 Å². The number of aryl methyl sites for hydroxylation is 1. The van der Waals surface area contributed by atoms with Crippen LogP contribution in [0.25, 0.3) is 11.3 Å². The van der Waals surface area contributed by atoms with Gasteiger partial charge in [-0.2, -0.15) is 0 Å². The van der Waals surface area contributed by atoms with Crippen molar-refractivity contribution in [1.29, 1.82) is 0 Å². The van der Waals surface area contributed by atoms with Crippen LogP contribution in [0.4, 0.5) is 0 Å². The van der Waals surface area contributed by atoms with Crippen LogP contribution in [0.15, 0.2) is 39.8 Å². The van der Waals surface area contributed by atoms with Gasteiger partial charge in [-0.3, -0.25) is 0 Å². The van der Waals surface area contributed by atoms with E-state index in [-0.39, 0.29) is 4.90 Å². The fourth-order valence-electron chi connectivity index (χ4n) is 1.52. The quantitative estimate of drug-likeness (QED) is 0.810. The van der Waals surface area contributed by atoms with Gasteiger partial charge in [0.2, 0.25) is 0 Å². The highest BCUT2D eigenvalue weighted by Crippen LogP contribution is 2.23. The van der Waals surface area contributed by atoms with Gasteiger partial charge in [0.15, 0.2) is 21.5 Å². The lowest BCUT2D eigenvalue weighted by molar-refractivity contribution is 0.514. The van der Waals surface area contributed by atoms with Crippen molar-refractivity contribution in [3.05, 3.63) is 36.4 Å². The Morgan fingerprint density at radius 2 is 2.17 bits per heavy atom. The average Bonchev–Trinajstić information content (AvgIpc) is 2.77. The molecule has 0 unspecified atom stereocenters. The third-order valence-corrected chi connectivity index (χ3v) is 3.71. The molecule has 1 heterocycles. The number of hydrogen-bond acceptors (Lipinski definition) is 4. The lowest BCUT2D eigenvalue weighted by Crippen LogP contribution is -1.96. The molecule has 6 heteroatoms. The van der Waals surface area contributed by atoms with E-state index in [0.717, 1.165) is 0 Å². The van der Waals surface area contributed by atoms with Gasteiger partial charge in [-0.25, -0.2) is 13.4 Å². The van der Waals surface area contributed by atoms with Gasteiger partial charge in [-0.05, 0) is 12.1 Å². The van der Waals surface area contributed by atoms with Gasteiger partial charge < -0.3 is 4.42 Å². The number of nitrogens with zero attached hydrogens (tertiary/aromatic N) is 1. The fourth-order valence-corrected chi connectivity index (χ4v) is 2.35. The summed E-state index contributed by atoms with van der Waals surface area (Å²) in [5, 5.41) is 0. The molecule has 2 aromatic rings. The molecule has 0 fully saturated rings. The highest BCUT2D eigenvalue weighted by Gasteiger charge is 2.11. The Kier molecular flexibility index (Phi) is 3.73. The highest BCUT2D eigenvalue weighted by atomic mass is 35.5. The summed E-state index contributed by atoms with van der Waals surface area (Å²) in [4.78, 5) is 4.33. The number of rotatable bonds is 4. The molecule has 0 amide bonds. The molecule has 0 spiro atoms. The molecular weight excluding hydrogens is 274 g/mol. The Hall–Kier alpha value is -1.33. The van der Waals surface area contributed by atoms with Crippen molar-refractivity contribution < 1.29 is 12.8 Å². The summed E-state index contributed by atoms with van der Waals surface area (Å²) >= 11 is 5.60. The maximum absolute atomic E-state index is 11.5. The van der Waals surface area contributed by atoms with Crippen molar-refractivity contribution in [2.24, 2.45) is 0 Å². The molecule has 0 atom stereocenters. The van der Waals surface area contributed by atoms with Gasteiger partial charge in [0, 0.05) is 24.1 Å². The molecule has 18 heavy (non-hydrogen) atoms. The molecule has 0 aliphatic rings. The number of oxazole rings is 1. The molecule has 0 saturated carbocycles. The van der Waals surface area contributed by atoms with E-state index < -0.39 is 9.84 Å². The summed E-state index contributed by atoms with van der Waals surface area (Å²) in [7, 11) is -3.22. The summed E-state index contributed by atoms with van der Waals surface area (Å²) in [5.74, 6) is 1.52. The van der Waals surface area contributed by atoms with Crippen molar-refractivity contribution >= 4 is 21.4 Å². The van der Waals surface area contributed by atoms with Crippen molar-refractivity contribution in [2.75, 3.05) is 12.1 Å². The van der Waals surface area contributed by atoms with E-state index >= 15 is 0 Å². The van der Waals surface area contributed by atoms with Crippen LogP contribution < -0.4 is 0 Å². The molecular formula is C12H12ClNO3S. The van der Waals surface area contributed by atoms with Crippen LogP contribution >= 0.6 is 11.6 Å². The Balaban J connectivity index is 2.38. The van der Waals surface area contributed by atoms with Gasteiger partial charge in [-0.15, -0.1) is 11.6 Å². The van der Waals surface area contributed by atoms with Gasteiger partial charge in [0.1, 0.15) is 0 Å². The zero-order chi connectivity index (χ0) is 13.2. The topological polar surface area (TPSA) is 60.2 Å². The van der Waals surface area contributed by atoms with E-state index in [1.165, 1.54) is 6.26 Å². The predicted octanol–water partition coefficient (Wildman–Crippen LogP) is 2.53. The van der Waals surface area contributed by atoms with Gasteiger partial charge in [-0.1, -0.05) is 12.1 Å². The Bertz CT molecular complexity index is 649. The minimum Gasteiger partial charge on any atom is -0.441 e. The molecule has 4 nitrogen and oxygen atoms in total. The maximum atomic E-state index is 11.5. The molecule has 0 radical (unpaired) electrons. The molecule has 0 aliphatic heterocycles. The standard InChI is InChI=1S/C12H12ClNO3S/c1-18(15,16)10-4-2-3-9(7-10)11-8-14-12(17-11)5-6-13/h2-4,7-8H,5-6H2,1H3. The SMILES string of the molecule is CS(=O)(=O)c1cccc(-c2cnc(CCCl)o2)c1. The summed E-state index contributed by atoms with van der Waals surface area (Å²) in [6, 6.07) is 6.57. The molecule has 0 N–H and O–H groups in total. The summed E-state index contributed by atoms with van der Waals surface area (Å²) < 4.78 is 28.4. The minimum absolute atomic E-state index is 0.260. The van der Waals surface area contributed by atoms with Crippen LogP contribution in [-0.4, -0.2) is 25.5 Å². The Labute approximate surface area is 111 Å². The van der Waals surface area contributed by atoms with E-state index in [1.807, 2.05) is 0 Å². The van der Waals surface area contributed by atoms with Gasteiger partial charge >= 0.3 is 0 Å². The second-order valence-electron chi connectivity index (χ2n) is 3.86. The largest absolute Gasteiger partial charge is 0.441 e. The summed E-state index contributed by atoms with van der Waals surface area (Å²) in [6.45, 7) is 0. The zero-order valence-electron chi connectivity index (χ0n) is 9.76. The molecule has 0 aliphatic carbocycles. The van der Waals surface area contributed by atoms with Crippen molar-refractivity contribution in [3.8, 4) is 11.3 Å². The van der Waals surface area contributed by atoms with E-state index in [1.54, 1.807) is 30.5 Å². The number of aromatic nitrogens is 1. The predicted molar refractivity (Wildman–Crippen MR) is 69.5 cm³/mol. The van der Waals surface area contributed by atoms with Crippen molar-refractivity contribution in [3.63, 3.8) is 0 Å². The maximum Gasteiger partial charge on any atom is 0.196 e. The first-order chi connectivity index (χ1) is 8.50. The monoisotopic (exact) mass is 285 g/mol. The second kappa shape index (κ2) is 5.12. The normalized spacial score (nSPS) is 11.7. The first-order valence-electron chi connectivity index (χ1n) is 5.32. The number of sulfone groups is 1. The first kappa shape index (κ1) is 13.1. The third-order valence-electron chi connectivity index (χ3n) is 2.41. The summed E-state index contributed by atoms with van der Waals surface area (Å²) in [6.07, 6.45) is 3.29. The first-order valence-corrected chi connectivity index (χ1v) is 7.74. The van der Waals surface area contributed by atoms with Crippen LogP contribution in [0, 0.1) is 0 Å². The molecule has 96 valence electrons. The number of alkyl halides is 1. The number of benzene rings is 1. The lowest BCUT2D eigenvalue weighted by atomic mass is 10.2. The van der Waals surface area contributed by atoms with Crippen LogP contribution in [0.1, 0.15) is 5.89 Å². The van der Waals surface area contributed by atoms with E-state index in [4.69, 9.17) is 16.0 Å². The summed E-state index contributed by atoms with van der Waals surface area (Å²) in [5.41, 5.74) is 0.686. The molecule has 1 aromatic carbocycles. The van der Waals surface area contributed by atoms with Crippen LogP contribution in [-0.2, 0) is 16.3 Å². The number of hydrogen-bond donors (Lipinski definition) is 0. The van der Waals surface area contributed by atoms with Crippen molar-refractivity contribution in [2.45, 2.75) is 11.3 Å². The molecule has 2 rings (SSSR count). The van der Waals surface area contributed by atoms with Crippen LogP contribution in [0.5, 0.6) is 0 Å². The van der Waals surface area contributed by atoms with Crippen LogP contribution in [0.2, 0.25) is 0 Å². The second-order valence-corrected chi connectivity index (χ2v) is 6.25. The molecule has 0 bridgehead atoms. The zero-order valence-corrected chi connectivity index (χ0v) is 11.3. The van der Waals surface area contributed by atoms with E-state index in [0.29, 0.717) is 29.5 Å². The molecule has 1 aromatic heterocycles. The Morgan fingerprint density at radius 1 is 1.39 bits per heavy atom. The number of halogens is 1. The van der Waals surface area contributed by atoms with Gasteiger partial charge in [0.25, 0.3) is 0 Å². The Morgan fingerprint density at radius 3 is 2.83 bits per heavy atom. The minimum atomic E-state index is -3.22. The highest BCUT2D eigenvalue weighted by molar-refractivity contribution is 7.90. The van der Waals surface area contributed by atoms with E-state index in [9.17, 15) is 8.42 Å². The van der Waals surface area contributed by atoms with E-state index in [2.05, 4.69) is 4.98 Å².